The maximum absolute atomic E-state index is 13.5. The van der Waals surface area contributed by atoms with Crippen LogP contribution in [0.4, 0.5) is 5.82 Å². The van der Waals surface area contributed by atoms with E-state index in [1.165, 1.54) is 28.1 Å². The third kappa shape index (κ3) is 5.37. The van der Waals surface area contributed by atoms with E-state index in [1.54, 1.807) is 6.92 Å². The molecule has 0 amide bonds. The van der Waals surface area contributed by atoms with Crippen molar-refractivity contribution in [2.45, 2.75) is 56.0 Å². The molecule has 4 aromatic heterocycles. The summed E-state index contributed by atoms with van der Waals surface area (Å²) in [6.45, 7) is 0.281. The van der Waals surface area contributed by atoms with Crippen LogP contribution in [-0.4, -0.2) is 99.1 Å². The number of hydrogen-bond acceptors (Lipinski definition) is 17. The molecule has 22 nitrogen and oxygen atoms in total. The monoisotopic (exact) mass is 671 g/mol. The minimum atomic E-state index is -4.56. The van der Waals surface area contributed by atoms with E-state index in [0.717, 1.165) is 0 Å². The maximum atomic E-state index is 13.5. The average molecular weight is 671 g/mol. The molecule has 0 spiro atoms. The van der Waals surface area contributed by atoms with Crippen LogP contribution in [0.15, 0.2) is 23.8 Å². The molecule has 3 aliphatic heterocycles. The van der Waals surface area contributed by atoms with Crippen LogP contribution < -0.4 is 22.3 Å². The van der Waals surface area contributed by atoms with Gasteiger partial charge in [-0.15, -0.1) is 0 Å². The highest BCUT2D eigenvalue weighted by Crippen LogP contribution is 2.51. The Balaban J connectivity index is 1.21. The zero-order chi connectivity index (χ0) is 31.8. The van der Waals surface area contributed by atoms with E-state index in [9.17, 15) is 24.1 Å². The summed E-state index contributed by atoms with van der Waals surface area (Å²) in [6.07, 6.45) is -7.66. The van der Waals surface area contributed by atoms with Crippen LogP contribution in [0.3, 0.4) is 0 Å². The second-order valence-corrected chi connectivity index (χ2v) is 13.6. The molecule has 3 aliphatic rings. The Labute approximate surface area is 250 Å². The number of nitrogen functional groups attached to an aromatic ring is 1. The van der Waals surface area contributed by atoms with Crippen molar-refractivity contribution < 1.29 is 46.9 Å². The second-order valence-electron chi connectivity index (χ2n) is 10.5. The average Bonchev–Trinajstić information content (AvgIpc) is 3.72. The molecule has 0 aromatic carbocycles. The van der Waals surface area contributed by atoms with E-state index < -0.39 is 83.3 Å². The number of imidazole rings is 2. The van der Waals surface area contributed by atoms with Crippen LogP contribution >= 0.6 is 15.5 Å². The lowest BCUT2D eigenvalue weighted by Crippen LogP contribution is -2.37. The van der Waals surface area contributed by atoms with Crippen LogP contribution in [0.5, 0.6) is 0 Å². The van der Waals surface area contributed by atoms with E-state index in [0.29, 0.717) is 0 Å². The molecular weight excluding hydrogens is 644 g/mol. The van der Waals surface area contributed by atoms with Crippen molar-refractivity contribution in [1.82, 2.24) is 39.0 Å². The number of aryl methyl sites for hydroxylation is 1. The Hall–Kier alpha value is -3.24. The summed E-state index contributed by atoms with van der Waals surface area (Å²) < 4.78 is 63.2. The number of nitrogens with two attached hydrogens (primary N) is 3. The van der Waals surface area contributed by atoms with Gasteiger partial charge in [0.05, 0.1) is 25.9 Å². The number of nitrogens with zero attached hydrogens (tertiary/aromatic N) is 7. The SMILES string of the molecule is Cc1nc2c(ncn2[C@@H]2O[C@@H]3COP(N)(=O)O[C@@H]4C(O)[C@H](n5cnc6c(N)ncnc65)O[C@@H]4COP(N)(=O)O[C@H]2C3O)c(=O)[nH]1. The van der Waals surface area contributed by atoms with E-state index in [1.807, 2.05) is 0 Å². The number of hydrogen-bond donors (Lipinski definition) is 6. The summed E-state index contributed by atoms with van der Waals surface area (Å²) >= 11 is 0. The maximum Gasteiger partial charge on any atom is 0.403 e. The van der Waals surface area contributed by atoms with E-state index in [2.05, 4.69) is 29.9 Å². The zero-order valence-electron chi connectivity index (χ0n) is 23.1. The lowest BCUT2D eigenvalue weighted by molar-refractivity contribution is -0.0598. The van der Waals surface area contributed by atoms with Gasteiger partial charge in [-0.05, 0) is 6.92 Å². The molecule has 10 atom stereocenters. The highest BCUT2D eigenvalue weighted by molar-refractivity contribution is 7.51. The van der Waals surface area contributed by atoms with Gasteiger partial charge in [0.15, 0.2) is 35.1 Å². The summed E-state index contributed by atoms with van der Waals surface area (Å²) in [4.78, 5) is 35.4. The highest BCUT2D eigenvalue weighted by atomic mass is 31.2. The predicted molar refractivity (Wildman–Crippen MR) is 148 cm³/mol. The van der Waals surface area contributed by atoms with Gasteiger partial charge in [-0.3, -0.25) is 32.0 Å². The van der Waals surface area contributed by atoms with Crippen molar-refractivity contribution in [2.24, 2.45) is 11.0 Å². The lowest BCUT2D eigenvalue weighted by atomic mass is 10.1. The van der Waals surface area contributed by atoms with Crippen molar-refractivity contribution in [3.63, 3.8) is 0 Å². The van der Waals surface area contributed by atoms with Crippen LogP contribution in [0.1, 0.15) is 18.3 Å². The van der Waals surface area contributed by atoms with E-state index >= 15 is 0 Å². The number of aromatic amines is 1. The van der Waals surface area contributed by atoms with Gasteiger partial charge >= 0.3 is 15.5 Å². The van der Waals surface area contributed by atoms with Gasteiger partial charge in [-0.1, -0.05) is 0 Å². The highest BCUT2D eigenvalue weighted by Gasteiger charge is 2.53. The molecule has 7 heterocycles. The smallest absolute Gasteiger partial charge is 0.387 e. The van der Waals surface area contributed by atoms with Crippen molar-refractivity contribution in [2.75, 3.05) is 18.9 Å². The lowest BCUT2D eigenvalue weighted by Gasteiger charge is -2.26. The van der Waals surface area contributed by atoms with Gasteiger partial charge in [0, 0.05) is 0 Å². The first-order valence-electron chi connectivity index (χ1n) is 13.3. The Morgan fingerprint density at radius 3 is 2.22 bits per heavy atom. The number of rotatable bonds is 2. The molecule has 24 heteroatoms. The minimum Gasteiger partial charge on any atom is -0.387 e. The van der Waals surface area contributed by atoms with Crippen LogP contribution in [0.2, 0.25) is 0 Å². The second kappa shape index (κ2) is 10.9. The first kappa shape index (κ1) is 30.4. The fraction of sp³-hybridized carbons (Fsp3) is 0.524. The van der Waals surface area contributed by atoms with Crippen LogP contribution in [0.25, 0.3) is 22.3 Å². The summed E-state index contributed by atoms with van der Waals surface area (Å²) in [7, 11) is -9.07. The number of anilines is 1. The number of H-pyrrole nitrogens is 1. The molecule has 0 aliphatic carbocycles. The Bertz CT molecular complexity index is 1940. The van der Waals surface area contributed by atoms with Gasteiger partial charge < -0.3 is 30.4 Å². The first-order valence-corrected chi connectivity index (χ1v) is 16.5. The topological polar surface area (TPSA) is 315 Å². The van der Waals surface area contributed by atoms with Gasteiger partial charge in [0.25, 0.3) is 5.56 Å². The molecular formula is C21H27N11O11P2. The summed E-state index contributed by atoms with van der Waals surface area (Å²) in [5.74, 6) is 0.334. The Kier molecular flexibility index (Phi) is 7.39. The fourth-order valence-corrected chi connectivity index (χ4v) is 7.44. The molecule has 45 heavy (non-hydrogen) atoms. The number of nitrogens with one attached hydrogen (secondary N) is 1. The number of aliphatic hydroxyl groups is 2. The molecule has 0 saturated carbocycles. The fourth-order valence-electron chi connectivity index (χ4n) is 5.44. The predicted octanol–water partition coefficient (Wildman–Crippen LogP) is -1.68. The number of ether oxygens (including phenoxy) is 2. The molecule has 3 fully saturated rings. The summed E-state index contributed by atoms with van der Waals surface area (Å²) in [5.41, 5.74) is 17.6. The van der Waals surface area contributed by atoms with Crippen LogP contribution in [0, 0.1) is 6.92 Å². The van der Waals surface area contributed by atoms with Gasteiger partial charge in [0.2, 0.25) is 0 Å². The third-order valence-corrected chi connectivity index (χ3v) is 9.58. The standard InChI is InChI=1S/C21H27N11O11P2/c1-7-29-18-11(19(35)30-7)28-6-32(18)21-15-12(33)8(40-21)2-38-44(23,36)42-14-9(3-39-45(24,37)43-15)41-20(13(14)34)31-5-27-10-16(22)25-4-26-17(10)31/h4-6,8-9,12-15,20-21,33-34H,2-3H2,1H3,(H2,23,36)(H2,24,37)(H2,22,25,26)(H,29,30,35)/t8-,9-,12?,13?,14+,15+,20-,21-,44?,45?/m1/s1. The third-order valence-electron chi connectivity index (χ3n) is 7.48. The van der Waals surface area contributed by atoms with Crippen molar-refractivity contribution in [3.05, 3.63) is 35.2 Å². The van der Waals surface area contributed by atoms with Crippen LogP contribution in [-0.2, 0) is 36.7 Å². The first-order chi connectivity index (χ1) is 21.3. The zero-order valence-corrected chi connectivity index (χ0v) is 24.9. The molecule has 9 N–H and O–H groups in total. The summed E-state index contributed by atoms with van der Waals surface area (Å²) in [5, 5.41) is 22.3. The van der Waals surface area contributed by atoms with E-state index in [-0.39, 0.29) is 34.0 Å². The van der Waals surface area contributed by atoms with Gasteiger partial charge in [-0.2, -0.15) is 0 Å². The minimum absolute atomic E-state index is 0.0454. The molecule has 4 unspecified atom stereocenters. The van der Waals surface area contributed by atoms with Crippen molar-refractivity contribution >= 4 is 43.6 Å². The molecule has 4 aromatic rings. The number of fused-ring (bicyclic) bond motifs is 5. The largest absolute Gasteiger partial charge is 0.403 e. The molecule has 0 radical (unpaired) electrons. The van der Waals surface area contributed by atoms with Gasteiger partial charge in [0.1, 0.15) is 54.3 Å². The number of aliphatic hydroxyl groups excluding tert-OH is 2. The molecule has 3 saturated heterocycles. The normalized spacial score (nSPS) is 37.7. The van der Waals surface area contributed by atoms with E-state index in [4.69, 9.17) is 44.3 Å². The molecule has 2 bridgehead atoms. The number of aromatic nitrogens is 8. The Morgan fingerprint density at radius 1 is 0.867 bits per heavy atom. The molecule has 242 valence electrons. The van der Waals surface area contributed by atoms with Crippen molar-refractivity contribution in [3.8, 4) is 0 Å². The Morgan fingerprint density at radius 2 is 1.49 bits per heavy atom. The van der Waals surface area contributed by atoms with Crippen molar-refractivity contribution in [1.29, 1.82) is 0 Å². The summed E-state index contributed by atoms with van der Waals surface area (Å²) in [6, 6.07) is 0. The quantitative estimate of drug-likeness (QED) is 0.130. The molecule has 7 rings (SSSR count). The van der Waals surface area contributed by atoms with Gasteiger partial charge in [-0.25, -0.2) is 45.1 Å².